The molecule has 0 bridgehead atoms. The summed E-state index contributed by atoms with van der Waals surface area (Å²) in [4.78, 5) is 0. The Hall–Kier alpha value is -1.29. The van der Waals surface area contributed by atoms with Gasteiger partial charge in [-0.05, 0) is 62.3 Å². The number of hydrogen-bond acceptors (Lipinski definition) is 1. The highest BCUT2D eigenvalue weighted by molar-refractivity contribution is 5.36. The average Bonchev–Trinajstić information content (AvgIpc) is 2.20. The minimum Gasteiger partial charge on any atom is -0.198 e. The quantitative estimate of drug-likeness (QED) is 0.679. The van der Waals surface area contributed by atoms with Crippen LogP contribution in [-0.4, -0.2) is 0 Å². The highest BCUT2D eigenvalue weighted by atomic mass is 14.2. The van der Waals surface area contributed by atoms with E-state index in [2.05, 4.69) is 39.0 Å². The fourth-order valence-electron chi connectivity index (χ4n) is 1.81. The van der Waals surface area contributed by atoms with Gasteiger partial charge < -0.3 is 0 Å². The van der Waals surface area contributed by atoms with Crippen LogP contribution < -0.4 is 0 Å². The van der Waals surface area contributed by atoms with Gasteiger partial charge in [-0.3, -0.25) is 0 Å². The van der Waals surface area contributed by atoms with Crippen LogP contribution in [0.2, 0.25) is 0 Å². The first-order valence-electron chi connectivity index (χ1n) is 5.59. The van der Waals surface area contributed by atoms with E-state index in [-0.39, 0.29) is 0 Å². The molecule has 15 heavy (non-hydrogen) atoms. The zero-order chi connectivity index (χ0) is 11.3. The van der Waals surface area contributed by atoms with Crippen LogP contribution in [0.3, 0.4) is 0 Å². The van der Waals surface area contributed by atoms with Crippen molar-refractivity contribution in [3.8, 4) is 6.07 Å². The molecule has 0 fully saturated rings. The number of nitriles is 1. The van der Waals surface area contributed by atoms with Crippen LogP contribution in [0, 0.1) is 32.1 Å². The molecule has 0 unspecified atom stereocenters. The lowest BCUT2D eigenvalue weighted by Crippen LogP contribution is -1.93. The topological polar surface area (TPSA) is 23.8 Å². The van der Waals surface area contributed by atoms with Gasteiger partial charge in [-0.1, -0.05) is 12.1 Å². The van der Waals surface area contributed by atoms with Crippen LogP contribution in [0.4, 0.5) is 0 Å². The maximum absolute atomic E-state index is 8.45. The van der Waals surface area contributed by atoms with Crippen LogP contribution in [0.15, 0.2) is 12.1 Å². The molecule has 1 aromatic carbocycles. The molecule has 0 aromatic heterocycles. The Morgan fingerprint density at radius 1 is 1.00 bits per heavy atom. The Labute approximate surface area is 92.7 Å². The predicted molar refractivity (Wildman–Crippen MR) is 63.8 cm³/mol. The molecule has 1 aromatic rings. The Balaban J connectivity index is 2.62. The number of hydrogen-bond donors (Lipinski definition) is 0. The van der Waals surface area contributed by atoms with Crippen molar-refractivity contribution in [1.82, 2.24) is 0 Å². The SMILES string of the molecule is Cc1cc(C)c(CCCCC#N)cc1C. The Bertz CT molecular complexity index is 372. The summed E-state index contributed by atoms with van der Waals surface area (Å²) in [5, 5.41) is 8.45. The highest BCUT2D eigenvalue weighted by Crippen LogP contribution is 2.17. The van der Waals surface area contributed by atoms with E-state index in [4.69, 9.17) is 5.26 Å². The normalized spacial score (nSPS) is 10.0. The third kappa shape index (κ3) is 3.40. The molecule has 0 saturated heterocycles. The number of aryl methyl sites for hydroxylation is 4. The van der Waals surface area contributed by atoms with Gasteiger partial charge in [0.25, 0.3) is 0 Å². The summed E-state index contributed by atoms with van der Waals surface area (Å²) < 4.78 is 0. The summed E-state index contributed by atoms with van der Waals surface area (Å²) in [6.07, 6.45) is 3.93. The van der Waals surface area contributed by atoms with Gasteiger partial charge in [0.1, 0.15) is 0 Å². The molecule has 0 aliphatic rings. The first-order valence-corrected chi connectivity index (χ1v) is 5.59. The van der Waals surface area contributed by atoms with Gasteiger partial charge in [-0.2, -0.15) is 5.26 Å². The first-order chi connectivity index (χ1) is 7.15. The van der Waals surface area contributed by atoms with E-state index in [1.807, 2.05) is 0 Å². The standard InChI is InChI=1S/C14H19N/c1-11-9-13(3)14(10-12(11)2)7-5-4-6-8-15/h9-10H,4-7H2,1-3H3. The molecule has 0 heterocycles. The fourth-order valence-corrected chi connectivity index (χ4v) is 1.81. The van der Waals surface area contributed by atoms with E-state index in [0.717, 1.165) is 19.3 Å². The van der Waals surface area contributed by atoms with E-state index in [9.17, 15) is 0 Å². The molecule has 1 nitrogen and oxygen atoms in total. The zero-order valence-electron chi connectivity index (χ0n) is 9.93. The second-order valence-electron chi connectivity index (χ2n) is 4.23. The molecule has 0 spiro atoms. The Morgan fingerprint density at radius 3 is 2.33 bits per heavy atom. The summed E-state index contributed by atoms with van der Waals surface area (Å²) >= 11 is 0. The molecule has 0 aliphatic carbocycles. The Morgan fingerprint density at radius 2 is 1.67 bits per heavy atom. The highest BCUT2D eigenvalue weighted by Gasteiger charge is 2.01. The maximum atomic E-state index is 8.45. The molecule has 0 N–H and O–H groups in total. The lowest BCUT2D eigenvalue weighted by atomic mass is 9.97. The first kappa shape index (κ1) is 11.8. The number of unbranched alkanes of at least 4 members (excludes halogenated alkanes) is 2. The van der Waals surface area contributed by atoms with Crippen molar-refractivity contribution in [3.63, 3.8) is 0 Å². The second-order valence-corrected chi connectivity index (χ2v) is 4.23. The van der Waals surface area contributed by atoms with Crippen molar-refractivity contribution >= 4 is 0 Å². The summed E-state index contributed by atoms with van der Waals surface area (Å²) in [7, 11) is 0. The van der Waals surface area contributed by atoms with Gasteiger partial charge in [-0.15, -0.1) is 0 Å². The van der Waals surface area contributed by atoms with Crippen molar-refractivity contribution in [1.29, 1.82) is 5.26 Å². The summed E-state index contributed by atoms with van der Waals surface area (Å²) in [5.74, 6) is 0. The van der Waals surface area contributed by atoms with Crippen LogP contribution in [0.1, 0.15) is 41.5 Å². The molecule has 0 aliphatic heterocycles. The van der Waals surface area contributed by atoms with E-state index >= 15 is 0 Å². The molecule has 0 amide bonds. The van der Waals surface area contributed by atoms with E-state index < -0.39 is 0 Å². The second kappa shape index (κ2) is 5.56. The van der Waals surface area contributed by atoms with Gasteiger partial charge in [0.2, 0.25) is 0 Å². The van der Waals surface area contributed by atoms with Crippen LogP contribution >= 0.6 is 0 Å². The van der Waals surface area contributed by atoms with Crippen molar-refractivity contribution < 1.29 is 0 Å². The molecular formula is C14H19N. The molecule has 1 heteroatoms. The molecule has 1 rings (SSSR count). The van der Waals surface area contributed by atoms with E-state index in [1.54, 1.807) is 0 Å². The van der Waals surface area contributed by atoms with Gasteiger partial charge in [-0.25, -0.2) is 0 Å². The number of benzene rings is 1. The maximum Gasteiger partial charge on any atom is 0.0621 e. The third-order valence-electron chi connectivity index (χ3n) is 2.94. The van der Waals surface area contributed by atoms with Crippen LogP contribution in [0.25, 0.3) is 0 Å². The molecule has 0 radical (unpaired) electrons. The van der Waals surface area contributed by atoms with Crippen LogP contribution in [0.5, 0.6) is 0 Å². The van der Waals surface area contributed by atoms with Crippen LogP contribution in [-0.2, 0) is 6.42 Å². The number of nitrogens with zero attached hydrogens (tertiary/aromatic N) is 1. The van der Waals surface area contributed by atoms with E-state index in [1.165, 1.54) is 22.3 Å². The number of rotatable bonds is 4. The van der Waals surface area contributed by atoms with E-state index in [0.29, 0.717) is 6.42 Å². The predicted octanol–water partition coefficient (Wildman–Crippen LogP) is 3.85. The Kier molecular flexibility index (Phi) is 4.37. The summed E-state index contributed by atoms with van der Waals surface area (Å²) in [6.45, 7) is 6.49. The summed E-state index contributed by atoms with van der Waals surface area (Å²) in [6, 6.07) is 6.74. The molecule has 80 valence electrons. The van der Waals surface area contributed by atoms with Gasteiger partial charge in [0, 0.05) is 6.42 Å². The third-order valence-corrected chi connectivity index (χ3v) is 2.94. The lowest BCUT2D eigenvalue weighted by molar-refractivity contribution is 0.749. The smallest absolute Gasteiger partial charge is 0.0621 e. The van der Waals surface area contributed by atoms with Crippen molar-refractivity contribution in [2.24, 2.45) is 0 Å². The fraction of sp³-hybridized carbons (Fsp3) is 0.500. The zero-order valence-corrected chi connectivity index (χ0v) is 9.93. The van der Waals surface area contributed by atoms with Gasteiger partial charge in [0.05, 0.1) is 6.07 Å². The van der Waals surface area contributed by atoms with Gasteiger partial charge in [0.15, 0.2) is 0 Å². The minimum atomic E-state index is 0.684. The summed E-state index contributed by atoms with van der Waals surface area (Å²) in [5.41, 5.74) is 5.57. The van der Waals surface area contributed by atoms with Crippen molar-refractivity contribution in [3.05, 3.63) is 34.4 Å². The molecular weight excluding hydrogens is 182 g/mol. The lowest BCUT2D eigenvalue weighted by Gasteiger charge is -2.09. The molecule has 0 atom stereocenters. The molecule has 0 saturated carbocycles. The van der Waals surface area contributed by atoms with Gasteiger partial charge >= 0.3 is 0 Å². The average molecular weight is 201 g/mol. The van der Waals surface area contributed by atoms with Crippen molar-refractivity contribution in [2.75, 3.05) is 0 Å². The minimum absolute atomic E-state index is 0.684. The largest absolute Gasteiger partial charge is 0.198 e. The monoisotopic (exact) mass is 201 g/mol. The van der Waals surface area contributed by atoms with Crippen molar-refractivity contribution in [2.45, 2.75) is 46.5 Å².